The van der Waals surface area contributed by atoms with Gasteiger partial charge >= 0.3 is 88.7 Å². The molecule has 0 saturated heterocycles. The van der Waals surface area contributed by atoms with Crippen molar-refractivity contribution in [2.45, 2.75) is 0 Å². The Balaban J connectivity index is -0.0000000221. The molecule has 2 N–H and O–H groups in total. The summed E-state index contributed by atoms with van der Waals surface area (Å²) in [5.41, 5.74) is 0. The van der Waals surface area contributed by atoms with Gasteiger partial charge in [-0.2, -0.15) is 7.82 Å². The van der Waals surface area contributed by atoms with Gasteiger partial charge < -0.3 is 29.5 Å². The molecule has 0 rings (SSSR count). The fourth-order valence-corrected chi connectivity index (χ4v) is 0. The van der Waals surface area contributed by atoms with Crippen molar-refractivity contribution < 1.29 is 118 Å². The third-order valence-corrected chi connectivity index (χ3v) is 0.1000. The largest absolute Gasteiger partial charge is 1.00 e. The minimum atomic E-state index is -5.39. The van der Waals surface area contributed by atoms with E-state index in [1.807, 2.05) is 0 Å². The van der Waals surface area contributed by atoms with Gasteiger partial charge in [0, 0.05) is 0 Å². The van der Waals surface area contributed by atoms with Crippen molar-refractivity contribution in [1.82, 2.24) is 0 Å². The van der Waals surface area contributed by atoms with Crippen LogP contribution in [-0.4, -0.2) is 23.4 Å². The zero-order chi connectivity index (χ0) is 7.91. The molecule has 0 aromatic carbocycles. The molecule has 0 fully saturated rings. The van der Waals surface area contributed by atoms with Crippen LogP contribution in [0.25, 0.3) is 0 Å². The molecule has 0 spiro atoms. The van der Waals surface area contributed by atoms with Gasteiger partial charge in [0.05, 0.1) is 13.2 Å². The van der Waals surface area contributed by atoms with E-state index in [9.17, 15) is 0 Å². The van der Waals surface area contributed by atoms with Crippen molar-refractivity contribution in [1.29, 1.82) is 0 Å². The van der Waals surface area contributed by atoms with Gasteiger partial charge in [0.15, 0.2) is 0 Å². The molecule has 12 heavy (non-hydrogen) atoms. The van der Waals surface area contributed by atoms with Crippen molar-refractivity contribution >= 4 is 7.82 Å². The van der Waals surface area contributed by atoms with Crippen LogP contribution < -0.4 is 103 Å². The summed E-state index contributed by atoms with van der Waals surface area (Å²) < 4.78 is 8.55. The van der Waals surface area contributed by atoms with Crippen LogP contribution in [0.5, 0.6) is 0 Å². The quantitative estimate of drug-likeness (QED) is 0.337. The Kier molecular flexibility index (Phi) is 48.0. The van der Waals surface area contributed by atoms with Gasteiger partial charge in [-0.25, -0.2) is 0 Å². The van der Waals surface area contributed by atoms with Crippen molar-refractivity contribution in [2.75, 3.05) is 13.2 Å². The summed E-state index contributed by atoms with van der Waals surface area (Å²) in [6.45, 7) is -0.250. The van der Waals surface area contributed by atoms with E-state index in [-0.39, 0.29) is 102 Å². The number of aliphatic hydroxyl groups excluding tert-OH is 2. The Hall–Kier alpha value is 3.03. The molecular formula is C2H6Na3O6P. The maximum atomic E-state index is 8.55. The van der Waals surface area contributed by atoms with E-state index in [4.69, 9.17) is 29.5 Å². The van der Waals surface area contributed by atoms with E-state index in [0.29, 0.717) is 0 Å². The summed E-state index contributed by atoms with van der Waals surface area (Å²) >= 11 is 0. The zero-order valence-electron chi connectivity index (χ0n) is 7.39. The van der Waals surface area contributed by atoms with Crippen LogP contribution >= 0.6 is 7.82 Å². The van der Waals surface area contributed by atoms with Crippen LogP contribution in [0, 0.1) is 0 Å². The first-order valence-electron chi connectivity index (χ1n) is 1.86. The number of rotatable bonds is 1. The molecule has 0 unspecified atom stereocenters. The number of aliphatic hydroxyl groups is 2. The zero-order valence-corrected chi connectivity index (χ0v) is 14.3. The Morgan fingerprint density at radius 1 is 0.917 bits per heavy atom. The van der Waals surface area contributed by atoms with Crippen LogP contribution in [0.3, 0.4) is 0 Å². The molecule has 0 radical (unpaired) electrons. The maximum Gasteiger partial charge on any atom is 1.00 e. The van der Waals surface area contributed by atoms with Crippen LogP contribution in [-0.2, 0) is 4.57 Å². The van der Waals surface area contributed by atoms with Gasteiger partial charge in [-0.15, -0.1) is 0 Å². The van der Waals surface area contributed by atoms with Gasteiger partial charge in [0.1, 0.15) is 0 Å². The van der Waals surface area contributed by atoms with Crippen LogP contribution in [0.2, 0.25) is 0 Å². The second kappa shape index (κ2) is 19.6. The van der Waals surface area contributed by atoms with E-state index in [0.717, 1.165) is 0 Å². The SMILES string of the molecule is O=P([O-])([O-])[O-].OCCO.[Na+].[Na+].[Na+]. The molecule has 0 saturated carbocycles. The molecule has 0 aliphatic carbocycles. The third-order valence-electron chi connectivity index (χ3n) is 0.1000. The number of hydrogen-bond acceptors (Lipinski definition) is 6. The van der Waals surface area contributed by atoms with E-state index in [2.05, 4.69) is 0 Å². The normalized spacial score (nSPS) is 7.42. The van der Waals surface area contributed by atoms with E-state index in [1.165, 1.54) is 0 Å². The fourth-order valence-electron chi connectivity index (χ4n) is 0. The first-order valence-corrected chi connectivity index (χ1v) is 3.32. The average molecular weight is 226 g/mol. The Morgan fingerprint density at radius 2 is 1.00 bits per heavy atom. The summed E-state index contributed by atoms with van der Waals surface area (Å²) in [4.78, 5) is 25.6. The monoisotopic (exact) mass is 226 g/mol. The smallest absolute Gasteiger partial charge is 0.822 e. The van der Waals surface area contributed by atoms with Gasteiger partial charge in [0.2, 0.25) is 0 Å². The minimum absolute atomic E-state index is 0. The first-order chi connectivity index (χ1) is 3.91. The minimum Gasteiger partial charge on any atom is -0.822 e. The molecule has 6 nitrogen and oxygen atoms in total. The fraction of sp³-hybridized carbons (Fsp3) is 1.00. The third kappa shape index (κ3) is 116. The standard InChI is InChI=1S/C2H6O2.3Na.H3O4P/c3-1-2-4;;;;1-5(2,3)4/h3-4H,1-2H2;;;;(H3,1,2,3,4)/q;3*+1;/p-3. The van der Waals surface area contributed by atoms with E-state index < -0.39 is 7.82 Å². The molecule has 0 bridgehead atoms. The molecule has 0 heterocycles. The van der Waals surface area contributed by atoms with Crippen molar-refractivity contribution in [3.63, 3.8) is 0 Å². The van der Waals surface area contributed by atoms with E-state index in [1.54, 1.807) is 0 Å². The van der Waals surface area contributed by atoms with Crippen molar-refractivity contribution in [3.05, 3.63) is 0 Å². The van der Waals surface area contributed by atoms with E-state index >= 15 is 0 Å². The Bertz CT molecular complexity index is 84.5. The second-order valence-electron chi connectivity index (χ2n) is 0.894. The van der Waals surface area contributed by atoms with Crippen molar-refractivity contribution in [3.8, 4) is 0 Å². The molecule has 0 amide bonds. The van der Waals surface area contributed by atoms with Gasteiger partial charge in [-0.3, -0.25) is 0 Å². The second-order valence-corrected chi connectivity index (χ2v) is 1.79. The predicted octanol–water partition coefficient (Wildman–Crippen LogP) is -12.8. The topological polar surface area (TPSA) is 127 Å². The summed E-state index contributed by atoms with van der Waals surface area (Å²) in [5.74, 6) is 0. The molecule has 0 atom stereocenters. The number of phosphoric acid groups is 1. The molecule has 10 heteroatoms. The predicted molar refractivity (Wildman–Crippen MR) is 21.8 cm³/mol. The first kappa shape index (κ1) is 29.4. The van der Waals surface area contributed by atoms with Crippen LogP contribution in [0.1, 0.15) is 0 Å². The summed E-state index contributed by atoms with van der Waals surface area (Å²) in [7, 11) is -5.39. The van der Waals surface area contributed by atoms with Gasteiger partial charge in [-0.05, 0) is 0 Å². The molecule has 0 aliphatic rings. The Labute approximate surface area is 137 Å². The van der Waals surface area contributed by atoms with Crippen LogP contribution in [0.15, 0.2) is 0 Å². The molecule has 58 valence electrons. The summed E-state index contributed by atoms with van der Waals surface area (Å²) in [5, 5.41) is 15.2. The molecule has 0 aliphatic heterocycles. The average Bonchev–Trinajstić information content (AvgIpc) is 1.61. The van der Waals surface area contributed by atoms with Crippen molar-refractivity contribution in [2.24, 2.45) is 0 Å². The summed E-state index contributed by atoms with van der Waals surface area (Å²) in [6.07, 6.45) is 0. The Morgan fingerprint density at radius 3 is 1.00 bits per heavy atom. The van der Waals surface area contributed by atoms with Crippen LogP contribution in [0.4, 0.5) is 0 Å². The summed E-state index contributed by atoms with van der Waals surface area (Å²) in [6, 6.07) is 0. The molecule has 0 aromatic heterocycles. The maximum absolute atomic E-state index is 8.55. The number of hydrogen-bond donors (Lipinski definition) is 2. The molecular weight excluding hydrogens is 220 g/mol. The van der Waals surface area contributed by atoms with Gasteiger partial charge in [0.25, 0.3) is 0 Å². The van der Waals surface area contributed by atoms with Gasteiger partial charge in [-0.1, -0.05) is 0 Å². The molecule has 0 aromatic rings.